The molecule has 4 heteroatoms. The molecular formula is C11H21N3O. The maximum Gasteiger partial charge on any atom is 0.0613 e. The van der Waals surface area contributed by atoms with E-state index in [0.29, 0.717) is 6.04 Å². The van der Waals surface area contributed by atoms with Crippen LogP contribution in [0.4, 0.5) is 0 Å². The van der Waals surface area contributed by atoms with Crippen molar-refractivity contribution in [2.75, 3.05) is 20.3 Å². The summed E-state index contributed by atoms with van der Waals surface area (Å²) in [4.78, 5) is 0. The molecule has 1 unspecified atom stereocenters. The average Bonchev–Trinajstić information content (AvgIpc) is 2.46. The molecule has 15 heavy (non-hydrogen) atoms. The third-order valence-electron chi connectivity index (χ3n) is 2.34. The lowest BCUT2D eigenvalue weighted by molar-refractivity contribution is 0.171. The second kappa shape index (κ2) is 5.88. The first kappa shape index (κ1) is 12.2. The number of aromatic nitrogens is 2. The Hall–Kier alpha value is -0.870. The average molecular weight is 211 g/mol. The number of nitrogens with one attached hydrogen (secondary N) is 1. The highest BCUT2D eigenvalue weighted by Crippen LogP contribution is 2.00. The van der Waals surface area contributed by atoms with Crippen LogP contribution in [0, 0.1) is 13.8 Å². The second-order valence-electron chi connectivity index (χ2n) is 3.96. The van der Waals surface area contributed by atoms with E-state index in [0.717, 1.165) is 25.4 Å². The molecule has 1 atom stereocenters. The Bertz CT molecular complexity index is 296. The Morgan fingerprint density at radius 3 is 2.80 bits per heavy atom. The van der Waals surface area contributed by atoms with Gasteiger partial charge < -0.3 is 10.1 Å². The first-order valence-corrected chi connectivity index (χ1v) is 5.37. The van der Waals surface area contributed by atoms with Crippen molar-refractivity contribution < 1.29 is 4.74 Å². The van der Waals surface area contributed by atoms with Gasteiger partial charge in [-0.25, -0.2) is 0 Å². The molecule has 0 saturated heterocycles. The number of methoxy groups -OCH3 is 1. The van der Waals surface area contributed by atoms with Crippen LogP contribution in [0.15, 0.2) is 6.07 Å². The van der Waals surface area contributed by atoms with Crippen LogP contribution in [0.5, 0.6) is 0 Å². The van der Waals surface area contributed by atoms with Gasteiger partial charge in [0, 0.05) is 25.4 Å². The number of rotatable bonds is 6. The predicted octanol–water partition coefficient (Wildman–Crippen LogP) is 1.12. The SMILES string of the molecule is COCC(C)NCCn1nc(C)cc1C. The van der Waals surface area contributed by atoms with Gasteiger partial charge in [0.25, 0.3) is 0 Å². The van der Waals surface area contributed by atoms with Gasteiger partial charge in [0.1, 0.15) is 0 Å². The third kappa shape index (κ3) is 4.01. The van der Waals surface area contributed by atoms with E-state index in [-0.39, 0.29) is 0 Å². The fourth-order valence-electron chi connectivity index (χ4n) is 1.63. The van der Waals surface area contributed by atoms with E-state index < -0.39 is 0 Å². The number of nitrogens with zero attached hydrogens (tertiary/aromatic N) is 2. The van der Waals surface area contributed by atoms with Gasteiger partial charge in [0.05, 0.1) is 18.8 Å². The lowest BCUT2D eigenvalue weighted by Gasteiger charge is -2.12. The molecule has 1 aromatic heterocycles. The summed E-state index contributed by atoms with van der Waals surface area (Å²) in [5.41, 5.74) is 2.30. The number of ether oxygens (including phenoxy) is 1. The van der Waals surface area contributed by atoms with Crippen LogP contribution in [0.1, 0.15) is 18.3 Å². The molecule has 1 heterocycles. The van der Waals surface area contributed by atoms with Gasteiger partial charge >= 0.3 is 0 Å². The lowest BCUT2D eigenvalue weighted by atomic mass is 10.3. The molecule has 0 radical (unpaired) electrons. The van der Waals surface area contributed by atoms with Crippen LogP contribution in [0.2, 0.25) is 0 Å². The highest BCUT2D eigenvalue weighted by atomic mass is 16.5. The summed E-state index contributed by atoms with van der Waals surface area (Å²) in [5, 5.41) is 7.78. The minimum Gasteiger partial charge on any atom is -0.383 e. The molecular weight excluding hydrogens is 190 g/mol. The Kier molecular flexibility index (Phi) is 4.78. The molecule has 0 spiro atoms. The third-order valence-corrected chi connectivity index (χ3v) is 2.34. The second-order valence-corrected chi connectivity index (χ2v) is 3.96. The zero-order chi connectivity index (χ0) is 11.3. The van der Waals surface area contributed by atoms with Gasteiger partial charge in [-0.1, -0.05) is 0 Å². The molecule has 0 saturated carbocycles. The highest BCUT2D eigenvalue weighted by Gasteiger charge is 2.02. The standard InChI is InChI=1S/C11H21N3O/c1-9-7-11(3)14(13-9)6-5-12-10(2)8-15-4/h7,10,12H,5-6,8H2,1-4H3. The zero-order valence-electron chi connectivity index (χ0n) is 10.1. The van der Waals surface area contributed by atoms with E-state index in [2.05, 4.69) is 30.3 Å². The molecule has 1 rings (SSSR count). The van der Waals surface area contributed by atoms with Gasteiger partial charge in [-0.15, -0.1) is 0 Å². The summed E-state index contributed by atoms with van der Waals surface area (Å²) in [5.74, 6) is 0. The van der Waals surface area contributed by atoms with E-state index in [4.69, 9.17) is 4.74 Å². The molecule has 86 valence electrons. The van der Waals surface area contributed by atoms with Gasteiger partial charge in [0.15, 0.2) is 0 Å². The smallest absolute Gasteiger partial charge is 0.0613 e. The molecule has 0 aromatic carbocycles. The van der Waals surface area contributed by atoms with E-state index in [9.17, 15) is 0 Å². The Labute approximate surface area is 91.6 Å². The fourth-order valence-corrected chi connectivity index (χ4v) is 1.63. The van der Waals surface area contributed by atoms with Crippen molar-refractivity contribution in [2.45, 2.75) is 33.4 Å². The molecule has 0 bridgehead atoms. The van der Waals surface area contributed by atoms with Crippen molar-refractivity contribution >= 4 is 0 Å². The minimum absolute atomic E-state index is 0.395. The van der Waals surface area contributed by atoms with E-state index in [1.54, 1.807) is 7.11 Å². The van der Waals surface area contributed by atoms with Crippen LogP contribution < -0.4 is 5.32 Å². The van der Waals surface area contributed by atoms with Crippen molar-refractivity contribution in [3.8, 4) is 0 Å². The fraction of sp³-hybridized carbons (Fsp3) is 0.727. The first-order chi connectivity index (χ1) is 7.13. The minimum atomic E-state index is 0.395. The molecule has 4 nitrogen and oxygen atoms in total. The maximum atomic E-state index is 5.05. The lowest BCUT2D eigenvalue weighted by Crippen LogP contribution is -2.33. The molecule has 0 amide bonds. The number of hydrogen-bond donors (Lipinski definition) is 1. The van der Waals surface area contributed by atoms with E-state index in [1.165, 1.54) is 5.69 Å². The van der Waals surface area contributed by atoms with Gasteiger partial charge in [-0.05, 0) is 26.8 Å². The zero-order valence-corrected chi connectivity index (χ0v) is 10.1. The number of aryl methyl sites for hydroxylation is 2. The van der Waals surface area contributed by atoms with Gasteiger partial charge in [0.2, 0.25) is 0 Å². The molecule has 0 fully saturated rings. The number of hydrogen-bond acceptors (Lipinski definition) is 3. The Morgan fingerprint density at radius 2 is 2.27 bits per heavy atom. The predicted molar refractivity (Wildman–Crippen MR) is 61.0 cm³/mol. The Balaban J connectivity index is 2.28. The molecule has 0 aliphatic rings. The molecule has 0 aliphatic heterocycles. The van der Waals surface area contributed by atoms with Crippen LogP contribution in [0.3, 0.4) is 0 Å². The van der Waals surface area contributed by atoms with Crippen molar-refractivity contribution in [2.24, 2.45) is 0 Å². The summed E-state index contributed by atoms with van der Waals surface area (Å²) in [6.07, 6.45) is 0. The van der Waals surface area contributed by atoms with Crippen LogP contribution >= 0.6 is 0 Å². The maximum absolute atomic E-state index is 5.05. The normalized spacial score (nSPS) is 13.1. The summed E-state index contributed by atoms with van der Waals surface area (Å²) >= 11 is 0. The van der Waals surface area contributed by atoms with Gasteiger partial charge in [-0.2, -0.15) is 5.10 Å². The van der Waals surface area contributed by atoms with Crippen molar-refractivity contribution in [1.82, 2.24) is 15.1 Å². The largest absolute Gasteiger partial charge is 0.383 e. The van der Waals surface area contributed by atoms with Crippen molar-refractivity contribution in [3.05, 3.63) is 17.5 Å². The van der Waals surface area contributed by atoms with E-state index in [1.807, 2.05) is 11.6 Å². The van der Waals surface area contributed by atoms with Crippen molar-refractivity contribution in [1.29, 1.82) is 0 Å². The van der Waals surface area contributed by atoms with E-state index >= 15 is 0 Å². The summed E-state index contributed by atoms with van der Waals surface area (Å²) < 4.78 is 7.08. The molecule has 0 aliphatic carbocycles. The highest BCUT2D eigenvalue weighted by molar-refractivity contribution is 5.06. The molecule has 1 N–H and O–H groups in total. The summed E-state index contributed by atoms with van der Waals surface area (Å²) in [6, 6.07) is 2.49. The van der Waals surface area contributed by atoms with Crippen LogP contribution in [0.25, 0.3) is 0 Å². The first-order valence-electron chi connectivity index (χ1n) is 5.37. The van der Waals surface area contributed by atoms with Crippen LogP contribution in [-0.4, -0.2) is 36.1 Å². The topological polar surface area (TPSA) is 39.1 Å². The summed E-state index contributed by atoms with van der Waals surface area (Å²) in [7, 11) is 1.72. The monoisotopic (exact) mass is 211 g/mol. The van der Waals surface area contributed by atoms with Crippen molar-refractivity contribution in [3.63, 3.8) is 0 Å². The summed E-state index contributed by atoms with van der Waals surface area (Å²) in [6.45, 7) is 8.80. The quantitative estimate of drug-likeness (QED) is 0.766. The van der Waals surface area contributed by atoms with Gasteiger partial charge in [-0.3, -0.25) is 4.68 Å². The Morgan fingerprint density at radius 1 is 1.53 bits per heavy atom. The van der Waals surface area contributed by atoms with Crippen LogP contribution in [-0.2, 0) is 11.3 Å². The molecule has 1 aromatic rings.